The van der Waals surface area contributed by atoms with Crippen LogP contribution in [0.2, 0.25) is 0 Å². The number of carbonyl (C=O) groups is 1. The third-order valence-corrected chi connectivity index (χ3v) is 2.47. The Morgan fingerprint density at radius 1 is 1.50 bits per heavy atom. The van der Waals surface area contributed by atoms with Gasteiger partial charge in [0.25, 0.3) is 0 Å². The van der Waals surface area contributed by atoms with E-state index in [2.05, 4.69) is 4.98 Å². The standard InChI is InChI=1S/C12H17NO3/c1-3-12(15,9-11(14)16-4-2)10-7-5-6-8-13-10/h5-8,15H,3-4,9H2,1-2H3. The summed E-state index contributed by atoms with van der Waals surface area (Å²) in [7, 11) is 0. The number of aromatic nitrogens is 1. The van der Waals surface area contributed by atoms with Gasteiger partial charge in [-0.2, -0.15) is 0 Å². The predicted molar refractivity (Wildman–Crippen MR) is 59.7 cm³/mol. The lowest BCUT2D eigenvalue weighted by Gasteiger charge is -2.24. The van der Waals surface area contributed by atoms with E-state index in [0.29, 0.717) is 18.7 Å². The van der Waals surface area contributed by atoms with Crippen LogP contribution in [0.15, 0.2) is 24.4 Å². The van der Waals surface area contributed by atoms with Crippen molar-refractivity contribution in [3.05, 3.63) is 30.1 Å². The van der Waals surface area contributed by atoms with Gasteiger partial charge in [0.15, 0.2) is 0 Å². The van der Waals surface area contributed by atoms with Crippen molar-refractivity contribution in [3.63, 3.8) is 0 Å². The normalized spacial score (nSPS) is 14.2. The topological polar surface area (TPSA) is 59.4 Å². The van der Waals surface area contributed by atoms with E-state index in [-0.39, 0.29) is 6.42 Å². The molecule has 1 atom stereocenters. The van der Waals surface area contributed by atoms with E-state index in [0.717, 1.165) is 0 Å². The maximum absolute atomic E-state index is 11.4. The minimum absolute atomic E-state index is 0.0612. The van der Waals surface area contributed by atoms with Gasteiger partial charge < -0.3 is 9.84 Å². The van der Waals surface area contributed by atoms with E-state index < -0.39 is 11.6 Å². The van der Waals surface area contributed by atoms with E-state index in [1.165, 1.54) is 0 Å². The highest BCUT2D eigenvalue weighted by Gasteiger charge is 2.32. The summed E-state index contributed by atoms with van der Waals surface area (Å²) in [6, 6.07) is 5.26. The monoisotopic (exact) mass is 223 g/mol. The van der Waals surface area contributed by atoms with Crippen LogP contribution in [0.25, 0.3) is 0 Å². The Hall–Kier alpha value is -1.42. The van der Waals surface area contributed by atoms with Crippen LogP contribution in [0.5, 0.6) is 0 Å². The summed E-state index contributed by atoms with van der Waals surface area (Å²) in [6.45, 7) is 3.87. The fourth-order valence-electron chi connectivity index (χ4n) is 1.49. The van der Waals surface area contributed by atoms with Crippen LogP contribution >= 0.6 is 0 Å². The first-order valence-electron chi connectivity index (χ1n) is 5.42. The molecule has 1 heterocycles. The summed E-state index contributed by atoms with van der Waals surface area (Å²) < 4.78 is 4.83. The van der Waals surface area contributed by atoms with E-state index in [4.69, 9.17) is 4.74 Å². The Bertz CT molecular complexity index is 339. The Labute approximate surface area is 95.3 Å². The molecule has 0 fully saturated rings. The highest BCUT2D eigenvalue weighted by molar-refractivity contribution is 5.70. The average Bonchev–Trinajstić information content (AvgIpc) is 2.30. The molecule has 1 aromatic rings. The molecule has 1 aromatic heterocycles. The molecule has 0 aliphatic carbocycles. The number of rotatable bonds is 5. The van der Waals surface area contributed by atoms with Crippen molar-refractivity contribution in [1.82, 2.24) is 4.98 Å². The molecule has 0 saturated heterocycles. The van der Waals surface area contributed by atoms with Crippen molar-refractivity contribution >= 4 is 5.97 Å². The largest absolute Gasteiger partial charge is 0.466 e. The predicted octanol–water partition coefficient (Wildman–Crippen LogP) is 1.63. The van der Waals surface area contributed by atoms with Crippen molar-refractivity contribution in [2.45, 2.75) is 32.3 Å². The van der Waals surface area contributed by atoms with Crippen LogP contribution in [-0.4, -0.2) is 22.7 Å². The van der Waals surface area contributed by atoms with Crippen LogP contribution in [0.1, 0.15) is 32.4 Å². The fraction of sp³-hybridized carbons (Fsp3) is 0.500. The first-order chi connectivity index (χ1) is 7.62. The molecule has 0 aliphatic rings. The number of hydrogen-bond donors (Lipinski definition) is 1. The van der Waals surface area contributed by atoms with Gasteiger partial charge in [0.05, 0.1) is 18.7 Å². The molecule has 0 saturated carbocycles. The lowest BCUT2D eigenvalue weighted by Crippen LogP contribution is -2.30. The van der Waals surface area contributed by atoms with Crippen LogP contribution < -0.4 is 0 Å². The second-order valence-electron chi connectivity index (χ2n) is 3.58. The quantitative estimate of drug-likeness (QED) is 0.771. The second kappa shape index (κ2) is 5.61. The molecule has 0 radical (unpaired) electrons. The van der Waals surface area contributed by atoms with Gasteiger partial charge in [-0.25, -0.2) is 0 Å². The van der Waals surface area contributed by atoms with Crippen molar-refractivity contribution in [2.24, 2.45) is 0 Å². The summed E-state index contributed by atoms with van der Waals surface area (Å²) in [5, 5.41) is 10.3. The zero-order valence-electron chi connectivity index (χ0n) is 9.64. The Morgan fingerprint density at radius 3 is 2.75 bits per heavy atom. The van der Waals surface area contributed by atoms with Gasteiger partial charge in [-0.05, 0) is 25.5 Å². The number of carbonyl (C=O) groups excluding carboxylic acids is 1. The molecule has 4 heteroatoms. The minimum atomic E-state index is -1.23. The summed E-state index contributed by atoms with van der Waals surface area (Å²) >= 11 is 0. The molecule has 1 rings (SSSR count). The van der Waals surface area contributed by atoms with Crippen LogP contribution in [0.4, 0.5) is 0 Å². The summed E-state index contributed by atoms with van der Waals surface area (Å²) in [5.41, 5.74) is -0.724. The molecular weight excluding hydrogens is 206 g/mol. The van der Waals surface area contributed by atoms with Gasteiger partial charge in [-0.1, -0.05) is 13.0 Å². The van der Waals surface area contributed by atoms with E-state index in [9.17, 15) is 9.90 Å². The van der Waals surface area contributed by atoms with Gasteiger partial charge in [0.1, 0.15) is 5.60 Å². The highest BCUT2D eigenvalue weighted by Crippen LogP contribution is 2.27. The average molecular weight is 223 g/mol. The summed E-state index contributed by atoms with van der Waals surface area (Å²) in [4.78, 5) is 15.5. The molecular formula is C12H17NO3. The molecule has 0 aromatic carbocycles. The number of ether oxygens (including phenoxy) is 1. The SMILES string of the molecule is CCOC(=O)CC(O)(CC)c1ccccn1. The van der Waals surface area contributed by atoms with Gasteiger partial charge >= 0.3 is 5.97 Å². The zero-order valence-corrected chi connectivity index (χ0v) is 9.64. The number of esters is 1. The maximum atomic E-state index is 11.4. The third kappa shape index (κ3) is 3.03. The smallest absolute Gasteiger partial charge is 0.309 e. The van der Waals surface area contributed by atoms with Crippen LogP contribution in [-0.2, 0) is 15.1 Å². The molecule has 1 N–H and O–H groups in total. The summed E-state index contributed by atoms with van der Waals surface area (Å²) in [5.74, 6) is -0.405. The van der Waals surface area contributed by atoms with Crippen LogP contribution in [0, 0.1) is 0 Å². The summed E-state index contributed by atoms with van der Waals surface area (Å²) in [6.07, 6.45) is 1.96. The molecule has 0 spiro atoms. The molecule has 16 heavy (non-hydrogen) atoms. The lowest BCUT2D eigenvalue weighted by molar-refractivity contribution is -0.149. The van der Waals surface area contributed by atoms with E-state index >= 15 is 0 Å². The highest BCUT2D eigenvalue weighted by atomic mass is 16.5. The van der Waals surface area contributed by atoms with Crippen molar-refractivity contribution in [3.8, 4) is 0 Å². The van der Waals surface area contributed by atoms with E-state index in [1.807, 2.05) is 6.92 Å². The van der Waals surface area contributed by atoms with Gasteiger partial charge in [-0.3, -0.25) is 9.78 Å². The lowest BCUT2D eigenvalue weighted by atomic mass is 9.92. The third-order valence-electron chi connectivity index (χ3n) is 2.47. The first-order valence-corrected chi connectivity index (χ1v) is 5.42. The van der Waals surface area contributed by atoms with Gasteiger partial charge in [0.2, 0.25) is 0 Å². The second-order valence-corrected chi connectivity index (χ2v) is 3.58. The van der Waals surface area contributed by atoms with Crippen molar-refractivity contribution in [1.29, 1.82) is 0 Å². The van der Waals surface area contributed by atoms with Crippen molar-refractivity contribution in [2.75, 3.05) is 6.61 Å². The number of pyridine rings is 1. The van der Waals surface area contributed by atoms with Crippen molar-refractivity contribution < 1.29 is 14.6 Å². The molecule has 0 aliphatic heterocycles. The van der Waals surface area contributed by atoms with Gasteiger partial charge in [-0.15, -0.1) is 0 Å². The van der Waals surface area contributed by atoms with Gasteiger partial charge in [0, 0.05) is 6.20 Å². The van der Waals surface area contributed by atoms with E-state index in [1.54, 1.807) is 31.3 Å². The Morgan fingerprint density at radius 2 is 2.25 bits per heavy atom. The fourth-order valence-corrected chi connectivity index (χ4v) is 1.49. The van der Waals surface area contributed by atoms with Crippen LogP contribution in [0.3, 0.4) is 0 Å². The molecule has 0 bridgehead atoms. The molecule has 4 nitrogen and oxygen atoms in total. The molecule has 0 amide bonds. The molecule has 1 unspecified atom stereocenters. The molecule has 88 valence electrons. The first kappa shape index (κ1) is 12.6. The zero-order chi connectivity index (χ0) is 12.0. The maximum Gasteiger partial charge on any atom is 0.309 e. The number of aliphatic hydroxyl groups is 1. The Kier molecular flexibility index (Phi) is 4.43. The number of nitrogens with zero attached hydrogens (tertiary/aromatic N) is 1. The minimum Gasteiger partial charge on any atom is -0.466 e. The Balaban J connectivity index is 2.82. The number of hydrogen-bond acceptors (Lipinski definition) is 4.